The molecule has 3 heterocycles. The average Bonchev–Trinajstić information content (AvgIpc) is 3.33. The average molecular weight is 485 g/mol. The fourth-order valence-electron chi connectivity index (χ4n) is 4.16. The zero-order valence-corrected chi connectivity index (χ0v) is 19.8. The number of carbonyl (C=O) groups is 2. The second kappa shape index (κ2) is 8.85. The van der Waals surface area contributed by atoms with E-state index in [0.29, 0.717) is 22.1 Å². The van der Waals surface area contributed by atoms with Gasteiger partial charge in [0.25, 0.3) is 11.6 Å². The van der Waals surface area contributed by atoms with E-state index in [2.05, 4.69) is 5.10 Å². The van der Waals surface area contributed by atoms with Crippen molar-refractivity contribution in [1.82, 2.24) is 9.78 Å². The van der Waals surface area contributed by atoms with E-state index in [9.17, 15) is 14.7 Å². The smallest absolute Gasteiger partial charge is 0.331 e. The summed E-state index contributed by atoms with van der Waals surface area (Å²) in [5.41, 5.74) is 1.63. The highest BCUT2D eigenvalue weighted by Crippen LogP contribution is 2.40. The second-order valence-corrected chi connectivity index (χ2v) is 8.83. The Hall–Kier alpha value is -4.23. The number of halogens is 1. The third-order valence-electron chi connectivity index (χ3n) is 5.79. The summed E-state index contributed by atoms with van der Waals surface area (Å²) in [5.74, 6) is -1.74. The van der Waals surface area contributed by atoms with Gasteiger partial charge in [-0.1, -0.05) is 49.7 Å². The van der Waals surface area contributed by atoms with Crippen molar-refractivity contribution in [3.05, 3.63) is 101 Å². The summed E-state index contributed by atoms with van der Waals surface area (Å²) < 4.78 is 2.83. The van der Waals surface area contributed by atoms with E-state index < -0.39 is 17.7 Å². The minimum atomic E-state index is -0.567. The second-order valence-electron chi connectivity index (χ2n) is 8.40. The molecule has 0 fully saturated rings. The van der Waals surface area contributed by atoms with Crippen LogP contribution in [0.15, 0.2) is 85.2 Å². The number of benzene rings is 2. The van der Waals surface area contributed by atoms with Crippen LogP contribution in [-0.2, 0) is 9.59 Å². The molecule has 0 N–H and O–H groups in total. The zero-order chi connectivity index (χ0) is 24.7. The molecule has 0 atom stereocenters. The van der Waals surface area contributed by atoms with E-state index in [1.54, 1.807) is 83.7 Å². The Morgan fingerprint density at radius 2 is 1.49 bits per heavy atom. The fourth-order valence-corrected chi connectivity index (χ4v) is 4.28. The van der Waals surface area contributed by atoms with Gasteiger partial charge >= 0.3 is 5.91 Å². The van der Waals surface area contributed by atoms with Gasteiger partial charge in [-0.3, -0.25) is 9.59 Å². The van der Waals surface area contributed by atoms with Crippen LogP contribution in [0.2, 0.25) is 5.02 Å². The maximum absolute atomic E-state index is 13.9. The van der Waals surface area contributed by atoms with Crippen molar-refractivity contribution in [3.63, 3.8) is 0 Å². The largest absolute Gasteiger partial charge is 0.858 e. The highest BCUT2D eigenvalue weighted by molar-refractivity contribution is 6.53. The Morgan fingerprint density at radius 3 is 2.11 bits per heavy atom. The van der Waals surface area contributed by atoms with E-state index in [-0.39, 0.29) is 22.8 Å². The van der Waals surface area contributed by atoms with Gasteiger partial charge in [0.2, 0.25) is 0 Å². The number of imide groups is 1. The molecule has 1 aliphatic heterocycles. The van der Waals surface area contributed by atoms with E-state index in [1.165, 1.54) is 4.68 Å². The quantitative estimate of drug-likeness (QED) is 0.317. The number of rotatable bonds is 5. The Labute approximate surface area is 207 Å². The van der Waals surface area contributed by atoms with E-state index in [1.807, 2.05) is 19.9 Å². The van der Waals surface area contributed by atoms with Crippen LogP contribution in [0.25, 0.3) is 17.0 Å². The maximum atomic E-state index is 13.9. The molecule has 35 heavy (non-hydrogen) atoms. The number of anilines is 1. The van der Waals surface area contributed by atoms with Gasteiger partial charge < -0.3 is 5.11 Å². The van der Waals surface area contributed by atoms with Crippen molar-refractivity contribution < 1.29 is 19.3 Å². The number of para-hydroxylation sites is 1. The summed E-state index contributed by atoms with van der Waals surface area (Å²) in [4.78, 5) is 28.7. The van der Waals surface area contributed by atoms with Crippen LogP contribution in [-0.4, -0.2) is 21.6 Å². The molecular weight excluding hydrogens is 464 g/mol. The number of aromatic nitrogens is 3. The third kappa shape index (κ3) is 3.80. The molecule has 2 aromatic carbocycles. The van der Waals surface area contributed by atoms with Crippen LogP contribution in [0.5, 0.6) is 5.88 Å². The van der Waals surface area contributed by atoms with Gasteiger partial charge in [0.05, 0.1) is 17.1 Å². The van der Waals surface area contributed by atoms with Crippen LogP contribution in [0, 0.1) is 0 Å². The molecule has 0 radical (unpaired) electrons. The Bertz CT molecular complexity index is 1460. The van der Waals surface area contributed by atoms with Crippen LogP contribution in [0.4, 0.5) is 5.69 Å². The molecule has 0 saturated carbocycles. The molecule has 8 heteroatoms. The van der Waals surface area contributed by atoms with Crippen molar-refractivity contribution in [2.75, 3.05) is 4.90 Å². The summed E-state index contributed by atoms with van der Waals surface area (Å²) in [6, 6.07) is 20.7. The van der Waals surface area contributed by atoms with E-state index >= 15 is 0 Å². The highest BCUT2D eigenvalue weighted by atomic mass is 35.5. The number of amides is 2. The Morgan fingerprint density at radius 1 is 0.857 bits per heavy atom. The van der Waals surface area contributed by atoms with Gasteiger partial charge in [0.15, 0.2) is 12.4 Å². The molecule has 4 aromatic rings. The van der Waals surface area contributed by atoms with Gasteiger partial charge in [0.1, 0.15) is 5.57 Å². The molecule has 5 rings (SSSR count). The maximum Gasteiger partial charge on any atom is 0.331 e. The van der Waals surface area contributed by atoms with Gasteiger partial charge in [0, 0.05) is 22.7 Å². The molecule has 1 aliphatic rings. The fraction of sp³-hybridized carbons (Fsp3) is 0.111. The summed E-state index contributed by atoms with van der Waals surface area (Å²) in [6.07, 6.45) is 3.36. The number of nitrogens with zero attached hydrogens (tertiary/aromatic N) is 4. The lowest BCUT2D eigenvalue weighted by atomic mass is 9.98. The molecule has 0 bridgehead atoms. The SMILES string of the molecule is CC(C)c1nn(-c2ccc(Cl)cc2)c([O-])c1C1=C([n+]2ccccc2)C(=O)N(c2ccccc2)C1=O. The molecule has 0 saturated heterocycles. The first kappa shape index (κ1) is 22.6. The number of hydrogen-bond donors (Lipinski definition) is 0. The number of hydrogen-bond acceptors (Lipinski definition) is 4. The molecule has 0 aliphatic carbocycles. The van der Waals surface area contributed by atoms with Crippen LogP contribution < -0.4 is 14.6 Å². The van der Waals surface area contributed by atoms with Crippen LogP contribution >= 0.6 is 11.6 Å². The molecule has 2 aromatic heterocycles. The first-order valence-corrected chi connectivity index (χ1v) is 11.5. The molecule has 7 nitrogen and oxygen atoms in total. The Kier molecular flexibility index (Phi) is 5.70. The lowest BCUT2D eigenvalue weighted by molar-refractivity contribution is -0.576. The molecular formula is C27H21ClN4O3. The van der Waals surface area contributed by atoms with Gasteiger partial charge in [-0.2, -0.15) is 9.67 Å². The predicted molar refractivity (Wildman–Crippen MR) is 131 cm³/mol. The van der Waals surface area contributed by atoms with Crippen molar-refractivity contribution in [2.24, 2.45) is 0 Å². The monoisotopic (exact) mass is 484 g/mol. The van der Waals surface area contributed by atoms with Crippen molar-refractivity contribution in [3.8, 4) is 11.6 Å². The summed E-state index contributed by atoms with van der Waals surface area (Å²) in [5, 5.41) is 18.9. The first-order chi connectivity index (χ1) is 16.9. The summed E-state index contributed by atoms with van der Waals surface area (Å²) >= 11 is 6.02. The predicted octanol–water partition coefficient (Wildman–Crippen LogP) is 3.95. The molecule has 0 spiro atoms. The minimum absolute atomic E-state index is 0.0315. The van der Waals surface area contributed by atoms with E-state index in [4.69, 9.17) is 11.6 Å². The topological polar surface area (TPSA) is 82.1 Å². The molecule has 0 unspecified atom stereocenters. The highest BCUT2D eigenvalue weighted by Gasteiger charge is 2.47. The van der Waals surface area contributed by atoms with Gasteiger partial charge in [-0.05, 0) is 48.2 Å². The van der Waals surface area contributed by atoms with Crippen molar-refractivity contribution in [1.29, 1.82) is 0 Å². The van der Waals surface area contributed by atoms with E-state index in [0.717, 1.165) is 4.90 Å². The molecule has 2 amide bonds. The summed E-state index contributed by atoms with van der Waals surface area (Å²) in [7, 11) is 0. The standard InChI is InChI=1S/C27H21ClN4O3/c1-17(2)23-21(26(34)32(29-23)20-13-11-18(28)12-14-20)22-24(30-15-7-4-8-16-30)27(35)31(25(22)33)19-9-5-3-6-10-19/h3-17H,1-2H3. The first-order valence-electron chi connectivity index (χ1n) is 11.1. The van der Waals surface area contributed by atoms with Gasteiger partial charge in [-0.25, -0.2) is 9.58 Å². The lowest BCUT2D eigenvalue weighted by Gasteiger charge is -2.16. The van der Waals surface area contributed by atoms with Crippen LogP contribution in [0.3, 0.4) is 0 Å². The normalized spacial score (nSPS) is 13.9. The van der Waals surface area contributed by atoms with Crippen molar-refractivity contribution >= 4 is 40.4 Å². The molecule has 174 valence electrons. The lowest BCUT2D eigenvalue weighted by Crippen LogP contribution is -2.39. The minimum Gasteiger partial charge on any atom is -0.858 e. The third-order valence-corrected chi connectivity index (χ3v) is 6.04. The van der Waals surface area contributed by atoms with Crippen LogP contribution in [0.1, 0.15) is 31.0 Å². The number of pyridine rings is 1. The Balaban J connectivity index is 1.78. The van der Waals surface area contributed by atoms with Gasteiger partial charge in [-0.15, -0.1) is 0 Å². The number of carbonyl (C=O) groups excluding carboxylic acids is 2. The summed E-state index contributed by atoms with van der Waals surface area (Å²) in [6.45, 7) is 3.78. The van der Waals surface area contributed by atoms with Crippen molar-refractivity contribution in [2.45, 2.75) is 19.8 Å². The zero-order valence-electron chi connectivity index (χ0n) is 19.1.